The third-order valence-corrected chi connectivity index (χ3v) is 10.5. The zero-order valence-corrected chi connectivity index (χ0v) is 37.9. The van der Waals surface area contributed by atoms with Gasteiger partial charge in [0, 0.05) is 131 Å². The molecule has 0 saturated heterocycles. The van der Waals surface area contributed by atoms with Gasteiger partial charge in [-0.1, -0.05) is 72.8 Å². The Hall–Kier alpha value is -1.22. The van der Waals surface area contributed by atoms with Crippen LogP contribution in [-0.2, 0) is 29.2 Å². The van der Waals surface area contributed by atoms with Gasteiger partial charge in [-0.25, -0.2) is 8.37 Å². The summed E-state index contributed by atoms with van der Waals surface area (Å²) in [7, 11) is -6.54. The molecule has 0 amide bonds. The fourth-order valence-corrected chi connectivity index (χ4v) is 8.89. The average Bonchev–Trinajstić information content (AvgIpc) is 3.11. The molecule has 2 radical (unpaired) electrons. The molecule has 0 saturated carbocycles. The molecule has 0 spiro atoms. The SMILES string of the molecule is BrBr.COc1cc2c3c(ccc4c5ccc6c7c(cc(OC)c(c1c34)c75)-c1ccccc1C6OS(=O)(=O)O)C(OS(=O)(=O)O)c1ccccc1-2.[K].[Na]. The van der Waals surface area contributed by atoms with Crippen LogP contribution in [0, 0.1) is 0 Å². The van der Waals surface area contributed by atoms with Crippen molar-refractivity contribution in [2.24, 2.45) is 0 Å². The zero-order valence-electron chi connectivity index (χ0n) is 28.0. The maximum atomic E-state index is 12.1. The molecule has 7 aromatic carbocycles. The first-order valence-electron chi connectivity index (χ1n) is 15.0. The van der Waals surface area contributed by atoms with Gasteiger partial charge in [-0.2, -0.15) is 16.8 Å². The van der Waals surface area contributed by atoms with Crippen molar-refractivity contribution >= 4 is 173 Å². The van der Waals surface area contributed by atoms with Crippen molar-refractivity contribution in [1.29, 1.82) is 0 Å². The van der Waals surface area contributed by atoms with Crippen molar-refractivity contribution in [2.75, 3.05) is 14.2 Å². The molecule has 0 heterocycles. The van der Waals surface area contributed by atoms with E-state index in [-0.39, 0.29) is 80.9 Å². The molecule has 2 aliphatic rings. The average molecular weight is 903 g/mol. The minimum absolute atomic E-state index is 0. The van der Waals surface area contributed by atoms with Gasteiger partial charge in [0.15, 0.2) is 0 Å². The van der Waals surface area contributed by atoms with Gasteiger partial charge >= 0.3 is 20.8 Å². The molecule has 10 nitrogen and oxygen atoms in total. The molecular formula is C36H24Br2KNaO10S2. The molecule has 0 aromatic heterocycles. The minimum Gasteiger partial charge on any atom is -0.496 e. The van der Waals surface area contributed by atoms with Crippen molar-refractivity contribution in [2.45, 2.75) is 12.2 Å². The van der Waals surface area contributed by atoms with Crippen LogP contribution in [0.5, 0.6) is 11.5 Å². The summed E-state index contributed by atoms with van der Waals surface area (Å²) in [4.78, 5) is 0. The first-order valence-corrected chi connectivity index (χ1v) is 21.4. The Morgan fingerprint density at radius 2 is 0.885 bits per heavy atom. The smallest absolute Gasteiger partial charge is 0.398 e. The molecule has 2 atom stereocenters. The van der Waals surface area contributed by atoms with Crippen LogP contribution < -0.4 is 9.47 Å². The third kappa shape index (κ3) is 6.32. The molecule has 7 aromatic rings. The molecule has 16 heteroatoms. The van der Waals surface area contributed by atoms with Crippen LogP contribution in [0.1, 0.15) is 34.5 Å². The van der Waals surface area contributed by atoms with Gasteiger partial charge in [0.05, 0.1) is 14.2 Å². The maximum Gasteiger partial charge on any atom is 0.398 e. The van der Waals surface area contributed by atoms with E-state index >= 15 is 0 Å². The topological polar surface area (TPSA) is 146 Å². The van der Waals surface area contributed by atoms with E-state index in [0.717, 1.165) is 54.6 Å². The predicted molar refractivity (Wildman–Crippen MR) is 210 cm³/mol. The van der Waals surface area contributed by atoms with E-state index in [0.29, 0.717) is 44.5 Å². The molecule has 0 aliphatic heterocycles. The predicted octanol–water partition coefficient (Wildman–Crippen LogP) is 8.46. The summed E-state index contributed by atoms with van der Waals surface area (Å²) in [6.45, 7) is 0. The van der Waals surface area contributed by atoms with E-state index < -0.39 is 33.0 Å². The molecule has 9 rings (SSSR count). The quantitative estimate of drug-likeness (QED) is 0.0722. The normalized spacial score (nSPS) is 15.7. The molecule has 256 valence electrons. The number of ether oxygens (including phenoxy) is 2. The van der Waals surface area contributed by atoms with Crippen molar-refractivity contribution < 1.29 is 43.8 Å². The first-order chi connectivity index (χ1) is 24.0. The summed E-state index contributed by atoms with van der Waals surface area (Å²) in [6, 6.07) is 25.7. The van der Waals surface area contributed by atoms with Gasteiger partial charge in [-0.15, -0.1) is 0 Å². The number of halogens is 2. The number of methoxy groups -OCH3 is 2. The van der Waals surface area contributed by atoms with E-state index in [1.165, 1.54) is 0 Å². The Bertz CT molecular complexity index is 2610. The number of hydrogen-bond acceptors (Lipinski definition) is 8. The molecule has 2 aliphatic carbocycles. The number of benzene rings is 7. The molecule has 52 heavy (non-hydrogen) atoms. The third-order valence-electron chi connectivity index (χ3n) is 9.60. The molecule has 0 bridgehead atoms. The second-order valence-corrected chi connectivity index (χ2v) is 14.0. The Morgan fingerprint density at radius 3 is 1.23 bits per heavy atom. The Kier molecular flexibility index (Phi) is 11.7. The molecule has 2 unspecified atom stereocenters. The van der Waals surface area contributed by atoms with E-state index in [2.05, 4.69) is 28.3 Å². The first kappa shape index (κ1) is 40.4. The monoisotopic (exact) mass is 900 g/mol. The van der Waals surface area contributed by atoms with Crippen molar-refractivity contribution in [3.8, 4) is 33.8 Å². The minimum atomic E-state index is -4.85. The Balaban J connectivity index is 0.00000114. The van der Waals surface area contributed by atoms with E-state index in [9.17, 15) is 25.9 Å². The second-order valence-electron chi connectivity index (χ2n) is 11.9. The van der Waals surface area contributed by atoms with Crippen LogP contribution in [0.25, 0.3) is 65.3 Å². The van der Waals surface area contributed by atoms with Crippen molar-refractivity contribution in [3.63, 3.8) is 0 Å². The van der Waals surface area contributed by atoms with Gasteiger partial charge in [-0.05, 0) is 78.2 Å². The summed E-state index contributed by atoms with van der Waals surface area (Å²) in [5, 5.41) is 6.03. The fraction of sp³-hybridized carbons (Fsp3) is 0.111. The summed E-state index contributed by atoms with van der Waals surface area (Å²) in [6.07, 6.45) is -2.24. The second kappa shape index (κ2) is 15.0. The van der Waals surface area contributed by atoms with Crippen molar-refractivity contribution in [3.05, 3.63) is 107 Å². The van der Waals surface area contributed by atoms with Crippen molar-refractivity contribution in [1.82, 2.24) is 0 Å². The largest absolute Gasteiger partial charge is 0.496 e. The molecule has 0 fully saturated rings. The van der Waals surface area contributed by atoms with Gasteiger partial charge in [0.2, 0.25) is 0 Å². The number of hydrogen-bond donors (Lipinski definition) is 2. The van der Waals surface area contributed by atoms with Gasteiger partial charge in [0.25, 0.3) is 0 Å². The van der Waals surface area contributed by atoms with Gasteiger partial charge < -0.3 is 9.47 Å². The standard InChI is InChI=1S/C36H24O10S2.Br2.K.Na/c1-43-27-15-25-17-7-3-5-9-21(17)35(45-47(37,38)39)23-13-11-19-20-12-14-24-30-26(18-8-4-6-10-22(18)36(24)46-48(40,41)42)16-28(44-2)34(32(20)30)33(27)31(19)29(23)25;1-2;;/h3-16,35-36H,1-2H3,(H,37,38,39)(H,40,41,42);;;. The fourth-order valence-electron chi connectivity index (χ4n) is 7.99. The summed E-state index contributed by atoms with van der Waals surface area (Å²) >= 11 is 5.50. The van der Waals surface area contributed by atoms with E-state index in [4.69, 9.17) is 17.8 Å². The number of fused-ring (bicyclic) bond motifs is 6. The van der Waals surface area contributed by atoms with Crippen LogP contribution in [0.4, 0.5) is 0 Å². The molecular weight excluding hydrogens is 878 g/mol. The summed E-state index contributed by atoms with van der Waals surface area (Å²) in [5.41, 5.74) is 5.30. The summed E-state index contributed by atoms with van der Waals surface area (Å²) in [5.74, 6) is 1.07. The van der Waals surface area contributed by atoms with Gasteiger partial charge in [-0.3, -0.25) is 9.11 Å². The van der Waals surface area contributed by atoms with E-state index in [1.54, 1.807) is 50.6 Å². The summed E-state index contributed by atoms with van der Waals surface area (Å²) < 4.78 is 91.1. The maximum absolute atomic E-state index is 12.1. The van der Waals surface area contributed by atoms with Gasteiger partial charge in [0.1, 0.15) is 23.7 Å². The zero-order chi connectivity index (χ0) is 35.3. The van der Waals surface area contributed by atoms with Crippen LogP contribution >= 0.6 is 28.3 Å². The number of rotatable bonds is 6. The van der Waals surface area contributed by atoms with Crippen LogP contribution in [0.2, 0.25) is 0 Å². The van der Waals surface area contributed by atoms with Crippen LogP contribution in [0.3, 0.4) is 0 Å². The van der Waals surface area contributed by atoms with E-state index in [1.807, 2.05) is 48.5 Å². The van der Waals surface area contributed by atoms with Crippen LogP contribution in [0.15, 0.2) is 84.9 Å². The Labute approximate surface area is 378 Å². The van der Waals surface area contributed by atoms with Crippen LogP contribution in [-0.4, -0.2) is 121 Å². The molecule has 2 N–H and O–H groups in total. The Morgan fingerprint density at radius 1 is 0.519 bits per heavy atom.